The molecule has 0 bridgehead atoms. The van der Waals surface area contributed by atoms with Crippen LogP contribution in [-0.4, -0.2) is 24.2 Å². The third-order valence-corrected chi connectivity index (χ3v) is 8.41. The van der Waals surface area contributed by atoms with E-state index in [1.165, 1.54) is 0 Å². The van der Waals surface area contributed by atoms with Crippen molar-refractivity contribution in [2.45, 2.75) is 0 Å². The summed E-state index contributed by atoms with van der Waals surface area (Å²) in [5, 5.41) is 6.52. The smallest absolute Gasteiger partial charge is 0.136 e. The molecular weight excluding hydrogens is 540 g/mol. The lowest BCUT2D eigenvalue weighted by Crippen LogP contribution is -2.00. The molecule has 0 saturated heterocycles. The second-order valence-electron chi connectivity index (χ2n) is 10.9. The van der Waals surface area contributed by atoms with Crippen LogP contribution in [0.4, 0.5) is 0 Å². The van der Waals surface area contributed by atoms with Crippen LogP contribution < -0.4 is 9.47 Å². The molecule has 2 aromatic heterocycles. The van der Waals surface area contributed by atoms with Gasteiger partial charge in [-0.1, -0.05) is 97.1 Å². The molecular formula is C40H28N2O2. The van der Waals surface area contributed by atoms with E-state index < -0.39 is 0 Å². The van der Waals surface area contributed by atoms with Gasteiger partial charge in [0.15, 0.2) is 0 Å². The Kier molecular flexibility index (Phi) is 6.20. The number of hydrogen-bond donors (Lipinski definition) is 0. The fourth-order valence-corrected chi connectivity index (χ4v) is 6.39. The SMILES string of the molecule is COc1c(-c2ccc3ccccc3n2)cc2ccccc2c1-c1c(OC)c(-c2ccc3ccccc3n2)cc2ccccc12. The Morgan fingerprint density at radius 1 is 0.409 bits per heavy atom. The van der Waals surface area contributed by atoms with Gasteiger partial charge in [-0.2, -0.15) is 0 Å². The maximum Gasteiger partial charge on any atom is 0.136 e. The Bertz CT molecular complexity index is 2210. The molecule has 0 radical (unpaired) electrons. The van der Waals surface area contributed by atoms with Crippen molar-refractivity contribution in [2.24, 2.45) is 0 Å². The van der Waals surface area contributed by atoms with Crippen LogP contribution in [0, 0.1) is 0 Å². The Balaban J connectivity index is 1.50. The number of hydrogen-bond acceptors (Lipinski definition) is 4. The molecule has 4 heteroatoms. The topological polar surface area (TPSA) is 44.2 Å². The van der Waals surface area contributed by atoms with Crippen LogP contribution in [0.1, 0.15) is 0 Å². The highest BCUT2D eigenvalue weighted by Crippen LogP contribution is 2.51. The fourth-order valence-electron chi connectivity index (χ4n) is 6.39. The van der Waals surface area contributed by atoms with E-state index in [1.54, 1.807) is 14.2 Å². The van der Waals surface area contributed by atoms with Crippen molar-refractivity contribution in [1.29, 1.82) is 0 Å². The van der Waals surface area contributed by atoms with Crippen molar-refractivity contribution in [1.82, 2.24) is 9.97 Å². The number of methoxy groups -OCH3 is 2. The molecule has 2 heterocycles. The quantitative estimate of drug-likeness (QED) is 0.207. The van der Waals surface area contributed by atoms with Gasteiger partial charge in [0.1, 0.15) is 11.5 Å². The van der Waals surface area contributed by atoms with E-state index in [9.17, 15) is 0 Å². The molecule has 0 saturated carbocycles. The van der Waals surface area contributed by atoms with Gasteiger partial charge < -0.3 is 9.47 Å². The first-order chi connectivity index (χ1) is 21.7. The lowest BCUT2D eigenvalue weighted by Gasteiger charge is -2.22. The second-order valence-corrected chi connectivity index (χ2v) is 10.9. The van der Waals surface area contributed by atoms with E-state index in [1.807, 2.05) is 36.4 Å². The molecule has 44 heavy (non-hydrogen) atoms. The Morgan fingerprint density at radius 3 is 1.23 bits per heavy atom. The highest BCUT2D eigenvalue weighted by molar-refractivity contribution is 6.14. The molecule has 8 aromatic rings. The van der Waals surface area contributed by atoms with Gasteiger partial charge >= 0.3 is 0 Å². The zero-order valence-electron chi connectivity index (χ0n) is 24.4. The molecule has 0 aliphatic carbocycles. The van der Waals surface area contributed by atoms with Crippen molar-refractivity contribution in [3.63, 3.8) is 0 Å². The molecule has 0 aliphatic rings. The van der Waals surface area contributed by atoms with Gasteiger partial charge in [-0.05, 0) is 57.9 Å². The predicted octanol–water partition coefficient (Wildman–Crippen LogP) is 10.1. The minimum Gasteiger partial charge on any atom is -0.495 e. The number of para-hydroxylation sites is 2. The van der Waals surface area contributed by atoms with Gasteiger partial charge in [-0.3, -0.25) is 0 Å². The third-order valence-electron chi connectivity index (χ3n) is 8.41. The normalized spacial score (nSPS) is 11.4. The first-order valence-corrected chi connectivity index (χ1v) is 14.7. The largest absolute Gasteiger partial charge is 0.495 e. The maximum absolute atomic E-state index is 6.35. The Morgan fingerprint density at radius 2 is 0.795 bits per heavy atom. The maximum atomic E-state index is 6.35. The number of benzene rings is 6. The van der Waals surface area contributed by atoms with E-state index in [4.69, 9.17) is 19.4 Å². The van der Waals surface area contributed by atoms with Gasteiger partial charge in [-0.15, -0.1) is 0 Å². The molecule has 0 spiro atoms. The molecule has 0 atom stereocenters. The number of fused-ring (bicyclic) bond motifs is 4. The van der Waals surface area contributed by atoms with Gasteiger partial charge in [0.05, 0.1) is 36.6 Å². The molecule has 4 nitrogen and oxygen atoms in total. The van der Waals surface area contributed by atoms with Gasteiger partial charge in [0.2, 0.25) is 0 Å². The van der Waals surface area contributed by atoms with E-state index in [0.29, 0.717) is 0 Å². The van der Waals surface area contributed by atoms with E-state index in [-0.39, 0.29) is 0 Å². The van der Waals surface area contributed by atoms with Crippen molar-refractivity contribution in [2.75, 3.05) is 14.2 Å². The van der Waals surface area contributed by atoms with Crippen LogP contribution in [0.3, 0.4) is 0 Å². The molecule has 0 fully saturated rings. The minimum absolute atomic E-state index is 0.749. The summed E-state index contributed by atoms with van der Waals surface area (Å²) in [5.41, 5.74) is 7.35. The molecule has 0 amide bonds. The van der Waals surface area contributed by atoms with Gasteiger partial charge in [0, 0.05) is 33.0 Å². The summed E-state index contributed by atoms with van der Waals surface area (Å²) in [4.78, 5) is 10.1. The average molecular weight is 569 g/mol. The van der Waals surface area contributed by atoms with E-state index in [0.717, 1.165) is 88.5 Å². The van der Waals surface area contributed by atoms with Crippen molar-refractivity contribution in [3.8, 4) is 45.1 Å². The lowest BCUT2D eigenvalue weighted by atomic mass is 9.87. The number of pyridine rings is 2. The standard InChI is InChI=1S/C40H28N2O2/c1-43-39-31(35-21-19-25-11-5-9-17-33(25)41-35)23-27-13-3-7-15-29(27)37(39)38-30-16-8-4-14-28(30)24-32(40(38)44-2)36-22-20-26-12-6-10-18-34(26)42-36/h3-24H,1-2H3. The zero-order valence-corrected chi connectivity index (χ0v) is 24.4. The Labute approximate surface area is 255 Å². The summed E-state index contributed by atoms with van der Waals surface area (Å²) in [6, 6.07) is 46.0. The summed E-state index contributed by atoms with van der Waals surface area (Å²) >= 11 is 0. The number of ether oxygens (including phenoxy) is 2. The molecule has 0 unspecified atom stereocenters. The third kappa shape index (κ3) is 4.15. The highest BCUT2D eigenvalue weighted by Gasteiger charge is 2.25. The van der Waals surface area contributed by atoms with E-state index in [2.05, 4.69) is 97.1 Å². The summed E-state index contributed by atoms with van der Waals surface area (Å²) in [5.74, 6) is 1.50. The minimum atomic E-state index is 0.749. The first-order valence-electron chi connectivity index (χ1n) is 14.7. The predicted molar refractivity (Wildman–Crippen MR) is 181 cm³/mol. The summed E-state index contributed by atoms with van der Waals surface area (Å²) in [6.07, 6.45) is 0. The van der Waals surface area contributed by atoms with Crippen LogP contribution >= 0.6 is 0 Å². The van der Waals surface area contributed by atoms with Crippen LogP contribution in [0.25, 0.3) is 77.0 Å². The van der Waals surface area contributed by atoms with E-state index >= 15 is 0 Å². The molecule has 6 aromatic carbocycles. The van der Waals surface area contributed by atoms with Crippen LogP contribution in [0.15, 0.2) is 133 Å². The van der Waals surface area contributed by atoms with Gasteiger partial charge in [0.25, 0.3) is 0 Å². The zero-order chi connectivity index (χ0) is 29.6. The van der Waals surface area contributed by atoms with Crippen molar-refractivity contribution in [3.05, 3.63) is 133 Å². The number of nitrogens with zero attached hydrogens (tertiary/aromatic N) is 2. The summed E-state index contributed by atoms with van der Waals surface area (Å²) in [6.45, 7) is 0. The second kappa shape index (κ2) is 10.5. The molecule has 8 rings (SSSR count). The van der Waals surface area contributed by atoms with Crippen LogP contribution in [0.2, 0.25) is 0 Å². The summed E-state index contributed by atoms with van der Waals surface area (Å²) in [7, 11) is 3.48. The number of aromatic nitrogens is 2. The van der Waals surface area contributed by atoms with Crippen molar-refractivity contribution >= 4 is 43.4 Å². The lowest BCUT2D eigenvalue weighted by molar-refractivity contribution is 0.412. The van der Waals surface area contributed by atoms with Gasteiger partial charge in [-0.25, -0.2) is 9.97 Å². The Hall–Kier alpha value is -5.74. The average Bonchev–Trinajstić information content (AvgIpc) is 3.09. The highest BCUT2D eigenvalue weighted by atomic mass is 16.5. The monoisotopic (exact) mass is 568 g/mol. The van der Waals surface area contributed by atoms with Crippen molar-refractivity contribution < 1.29 is 9.47 Å². The van der Waals surface area contributed by atoms with Crippen LogP contribution in [0.5, 0.6) is 11.5 Å². The summed E-state index contributed by atoms with van der Waals surface area (Å²) < 4.78 is 12.7. The molecule has 0 N–H and O–H groups in total. The fraction of sp³-hybridized carbons (Fsp3) is 0.0500. The molecule has 210 valence electrons. The number of rotatable bonds is 5. The van der Waals surface area contributed by atoms with Crippen LogP contribution in [-0.2, 0) is 0 Å². The first kappa shape index (κ1) is 25.9. The molecule has 0 aliphatic heterocycles.